The highest BCUT2D eigenvalue weighted by Crippen LogP contribution is 2.30. The topological polar surface area (TPSA) is 26.3 Å². The van der Waals surface area contributed by atoms with Crippen LogP contribution < -0.4 is 4.74 Å². The summed E-state index contributed by atoms with van der Waals surface area (Å²) in [6.07, 6.45) is 2.53. The first-order valence-corrected chi connectivity index (χ1v) is 7.97. The quantitative estimate of drug-likeness (QED) is 0.506. The molecule has 0 radical (unpaired) electrons. The molecule has 1 atom stereocenters. The molecule has 0 amide bonds. The van der Waals surface area contributed by atoms with E-state index in [-0.39, 0.29) is 17.6 Å². The molecule has 23 heavy (non-hydrogen) atoms. The van der Waals surface area contributed by atoms with Crippen LogP contribution in [-0.2, 0) is 0 Å². The molecule has 2 rings (SSSR count). The molecular weight excluding hydrogens is 284 g/mol. The summed E-state index contributed by atoms with van der Waals surface area (Å²) in [6.45, 7) is 7.96. The molecule has 0 aliphatic rings. The number of carbonyl (C=O) groups is 1. The monoisotopic (exact) mass is 308 g/mol. The average Bonchev–Trinajstić information content (AvgIpc) is 2.59. The predicted molar refractivity (Wildman–Crippen MR) is 95.9 cm³/mol. The molecule has 2 heteroatoms. The van der Waals surface area contributed by atoms with Crippen molar-refractivity contribution in [2.45, 2.75) is 20.3 Å². The van der Waals surface area contributed by atoms with E-state index in [9.17, 15) is 4.79 Å². The molecule has 2 nitrogen and oxygen atoms in total. The molecular formula is C21H24O2. The maximum Gasteiger partial charge on any atom is 0.167 e. The zero-order valence-electron chi connectivity index (χ0n) is 14.1. The third kappa shape index (κ3) is 3.89. The van der Waals surface area contributed by atoms with Crippen molar-refractivity contribution in [2.75, 3.05) is 7.11 Å². The Morgan fingerprint density at radius 1 is 1.13 bits per heavy atom. The van der Waals surface area contributed by atoms with Gasteiger partial charge in [0.15, 0.2) is 5.78 Å². The number of ketones is 1. The maximum atomic E-state index is 13.0. The number of hydrogen-bond donors (Lipinski definition) is 0. The van der Waals surface area contributed by atoms with Crippen LogP contribution in [0, 0.1) is 11.8 Å². The first-order chi connectivity index (χ1) is 11.1. The standard InChI is InChI=1S/C21H24O2/c1-5-8-18(15(2)3)21(22)20-10-7-6-9-19(20)16-11-13-17(23-4)14-12-16/h5-7,9-15,18H,1,8H2,2-4H3. The van der Waals surface area contributed by atoms with Crippen LogP contribution in [0.2, 0.25) is 0 Å². The van der Waals surface area contributed by atoms with Crippen molar-refractivity contribution in [3.63, 3.8) is 0 Å². The molecule has 0 saturated heterocycles. The summed E-state index contributed by atoms with van der Waals surface area (Å²) in [5.41, 5.74) is 2.77. The first-order valence-electron chi connectivity index (χ1n) is 7.97. The van der Waals surface area contributed by atoms with Crippen LogP contribution in [0.4, 0.5) is 0 Å². The zero-order valence-corrected chi connectivity index (χ0v) is 14.1. The molecule has 0 bridgehead atoms. The minimum Gasteiger partial charge on any atom is -0.497 e. The van der Waals surface area contributed by atoms with Gasteiger partial charge in [0.1, 0.15) is 5.75 Å². The van der Waals surface area contributed by atoms with Crippen LogP contribution in [0.3, 0.4) is 0 Å². The molecule has 0 fully saturated rings. The second kappa shape index (κ2) is 7.77. The summed E-state index contributed by atoms with van der Waals surface area (Å²) < 4.78 is 5.21. The number of ether oxygens (including phenoxy) is 1. The Labute approximate surface area is 138 Å². The van der Waals surface area contributed by atoms with Crippen LogP contribution in [0.15, 0.2) is 61.2 Å². The normalized spacial score (nSPS) is 12.0. The maximum absolute atomic E-state index is 13.0. The minimum atomic E-state index is -0.0353. The Balaban J connectivity index is 2.43. The van der Waals surface area contributed by atoms with Crippen molar-refractivity contribution in [1.29, 1.82) is 0 Å². The summed E-state index contributed by atoms with van der Waals surface area (Å²) in [7, 11) is 1.65. The van der Waals surface area contributed by atoms with E-state index in [1.807, 2.05) is 54.6 Å². The lowest BCUT2D eigenvalue weighted by atomic mass is 9.83. The van der Waals surface area contributed by atoms with E-state index in [1.54, 1.807) is 7.11 Å². The van der Waals surface area contributed by atoms with Gasteiger partial charge in [-0.1, -0.05) is 56.3 Å². The number of rotatable bonds is 7. The Morgan fingerprint density at radius 2 is 1.78 bits per heavy atom. The molecule has 0 aliphatic heterocycles. The van der Waals surface area contributed by atoms with Gasteiger partial charge in [-0.3, -0.25) is 4.79 Å². The largest absolute Gasteiger partial charge is 0.497 e. The van der Waals surface area contributed by atoms with E-state index in [2.05, 4.69) is 20.4 Å². The average molecular weight is 308 g/mol. The first kappa shape index (κ1) is 17.0. The molecule has 0 aromatic heterocycles. The highest BCUT2D eigenvalue weighted by molar-refractivity contribution is 6.03. The van der Waals surface area contributed by atoms with Gasteiger partial charge in [0, 0.05) is 11.5 Å². The molecule has 0 aliphatic carbocycles. The molecule has 0 N–H and O–H groups in total. The van der Waals surface area contributed by atoms with Gasteiger partial charge in [0.25, 0.3) is 0 Å². The van der Waals surface area contributed by atoms with Gasteiger partial charge in [-0.15, -0.1) is 6.58 Å². The molecule has 0 spiro atoms. The van der Waals surface area contributed by atoms with E-state index in [1.165, 1.54) is 0 Å². The molecule has 2 aromatic rings. The van der Waals surface area contributed by atoms with Crippen molar-refractivity contribution in [3.8, 4) is 16.9 Å². The fourth-order valence-electron chi connectivity index (χ4n) is 2.78. The SMILES string of the molecule is C=CCC(C(=O)c1ccccc1-c1ccc(OC)cc1)C(C)C. The van der Waals surface area contributed by atoms with Crippen molar-refractivity contribution >= 4 is 5.78 Å². The molecule has 2 aromatic carbocycles. The highest BCUT2D eigenvalue weighted by atomic mass is 16.5. The molecule has 0 saturated carbocycles. The second-order valence-electron chi connectivity index (χ2n) is 6.01. The fraction of sp³-hybridized carbons (Fsp3) is 0.286. The third-order valence-electron chi connectivity index (χ3n) is 4.16. The number of carbonyl (C=O) groups excluding carboxylic acids is 1. The zero-order chi connectivity index (χ0) is 16.8. The Hall–Kier alpha value is -2.35. The van der Waals surface area contributed by atoms with Gasteiger partial charge in [-0.2, -0.15) is 0 Å². The molecule has 120 valence electrons. The fourth-order valence-corrected chi connectivity index (χ4v) is 2.78. The number of methoxy groups -OCH3 is 1. The lowest BCUT2D eigenvalue weighted by Gasteiger charge is -2.20. The summed E-state index contributed by atoms with van der Waals surface area (Å²) in [5.74, 6) is 1.24. The second-order valence-corrected chi connectivity index (χ2v) is 6.01. The lowest BCUT2D eigenvalue weighted by Crippen LogP contribution is -2.20. The molecule has 1 unspecified atom stereocenters. The van der Waals surface area contributed by atoms with Crippen molar-refractivity contribution in [2.24, 2.45) is 11.8 Å². The van der Waals surface area contributed by atoms with Crippen molar-refractivity contribution in [3.05, 3.63) is 66.7 Å². The lowest BCUT2D eigenvalue weighted by molar-refractivity contribution is 0.0888. The van der Waals surface area contributed by atoms with Gasteiger partial charge in [-0.25, -0.2) is 0 Å². The smallest absolute Gasteiger partial charge is 0.167 e. The van der Waals surface area contributed by atoms with E-state index >= 15 is 0 Å². The van der Waals surface area contributed by atoms with E-state index in [4.69, 9.17) is 4.74 Å². The summed E-state index contributed by atoms with van der Waals surface area (Å²) in [4.78, 5) is 13.0. The van der Waals surface area contributed by atoms with Gasteiger partial charge in [0.05, 0.1) is 7.11 Å². The Kier molecular flexibility index (Phi) is 5.75. The van der Waals surface area contributed by atoms with Crippen LogP contribution in [0.1, 0.15) is 30.6 Å². The Morgan fingerprint density at radius 3 is 2.35 bits per heavy atom. The Bertz CT molecular complexity index is 668. The number of benzene rings is 2. The summed E-state index contributed by atoms with van der Waals surface area (Å²) >= 11 is 0. The van der Waals surface area contributed by atoms with Gasteiger partial charge in [-0.05, 0) is 35.6 Å². The highest BCUT2D eigenvalue weighted by Gasteiger charge is 2.24. The number of Topliss-reactive ketones (excluding diaryl/α,β-unsaturated/α-hetero) is 1. The van der Waals surface area contributed by atoms with E-state index in [0.29, 0.717) is 6.42 Å². The van der Waals surface area contributed by atoms with Crippen LogP contribution >= 0.6 is 0 Å². The van der Waals surface area contributed by atoms with Crippen molar-refractivity contribution < 1.29 is 9.53 Å². The van der Waals surface area contributed by atoms with Gasteiger partial charge in [0.2, 0.25) is 0 Å². The number of hydrogen-bond acceptors (Lipinski definition) is 2. The summed E-state index contributed by atoms with van der Waals surface area (Å²) in [5, 5.41) is 0. The van der Waals surface area contributed by atoms with E-state index < -0.39 is 0 Å². The van der Waals surface area contributed by atoms with Gasteiger partial charge >= 0.3 is 0 Å². The van der Waals surface area contributed by atoms with Crippen molar-refractivity contribution in [1.82, 2.24) is 0 Å². The van der Waals surface area contributed by atoms with Crippen LogP contribution in [-0.4, -0.2) is 12.9 Å². The van der Waals surface area contributed by atoms with Crippen LogP contribution in [0.5, 0.6) is 5.75 Å². The third-order valence-corrected chi connectivity index (χ3v) is 4.16. The predicted octanol–water partition coefficient (Wildman–Crippen LogP) is 5.39. The summed E-state index contributed by atoms with van der Waals surface area (Å²) in [6, 6.07) is 15.6. The van der Waals surface area contributed by atoms with Crippen LogP contribution in [0.25, 0.3) is 11.1 Å². The van der Waals surface area contributed by atoms with E-state index in [0.717, 1.165) is 22.4 Å². The minimum absolute atomic E-state index is 0.0353. The number of allylic oxidation sites excluding steroid dienone is 1. The van der Waals surface area contributed by atoms with Gasteiger partial charge < -0.3 is 4.74 Å². The molecule has 0 heterocycles.